The van der Waals surface area contributed by atoms with Crippen LogP contribution in [0, 0.1) is 18.3 Å². The number of aliphatic hydroxyl groups excluding tert-OH is 1. The lowest BCUT2D eigenvalue weighted by Gasteiger charge is -2.21. The van der Waals surface area contributed by atoms with Crippen LogP contribution in [0.1, 0.15) is 20.3 Å². The van der Waals surface area contributed by atoms with Crippen LogP contribution in [0.4, 0.5) is 10.5 Å². The van der Waals surface area contributed by atoms with Gasteiger partial charge in [-0.3, -0.25) is 0 Å². The number of rotatable bonds is 7. The molecule has 0 aliphatic heterocycles. The topological polar surface area (TPSA) is 70.6 Å². The minimum atomic E-state index is -0.309. The van der Waals surface area contributed by atoms with Gasteiger partial charge in [0.25, 0.3) is 0 Å². The molecule has 1 aromatic carbocycles. The Kier molecular flexibility index (Phi) is 7.13. The fourth-order valence-corrected chi connectivity index (χ4v) is 1.84. The zero-order valence-electron chi connectivity index (χ0n) is 12.4. The maximum atomic E-state index is 12.0. The van der Waals surface area contributed by atoms with Gasteiger partial charge in [0.05, 0.1) is 0 Å². The largest absolute Gasteiger partial charge is 0.481 e. The molecule has 5 heteroatoms. The summed E-state index contributed by atoms with van der Waals surface area (Å²) >= 11 is 0. The Morgan fingerprint density at radius 2 is 2.24 bits per heavy atom. The Bertz CT molecular complexity index is 495. The highest BCUT2D eigenvalue weighted by Gasteiger charge is 2.15. The standard InChI is InChI=1S/C16H22N2O3/c1-4-10-21-14-7-5-6-13(11-14)17-16(20)18-15(8-9-19)12(2)3/h1,5-7,11-12,15,19H,8-10H2,2-3H3,(H2,17,18,20). The van der Waals surface area contributed by atoms with Gasteiger partial charge in [0, 0.05) is 24.4 Å². The van der Waals surface area contributed by atoms with Gasteiger partial charge in [0.1, 0.15) is 12.4 Å². The highest BCUT2D eigenvalue weighted by atomic mass is 16.5. The van der Waals surface area contributed by atoms with Crippen LogP contribution in [-0.2, 0) is 0 Å². The Morgan fingerprint density at radius 1 is 1.48 bits per heavy atom. The molecule has 3 N–H and O–H groups in total. The monoisotopic (exact) mass is 290 g/mol. The first kappa shape index (κ1) is 16.9. The number of nitrogens with one attached hydrogen (secondary N) is 2. The van der Waals surface area contributed by atoms with Crippen molar-refractivity contribution >= 4 is 11.7 Å². The average Bonchev–Trinajstić information content (AvgIpc) is 2.45. The van der Waals surface area contributed by atoms with Gasteiger partial charge in [-0.15, -0.1) is 6.42 Å². The van der Waals surface area contributed by atoms with Crippen LogP contribution < -0.4 is 15.4 Å². The van der Waals surface area contributed by atoms with Gasteiger partial charge < -0.3 is 20.5 Å². The first-order valence-corrected chi connectivity index (χ1v) is 6.91. The van der Waals surface area contributed by atoms with Gasteiger partial charge in [-0.05, 0) is 24.5 Å². The molecule has 0 saturated carbocycles. The molecule has 1 rings (SSSR count). The molecule has 0 radical (unpaired) electrons. The maximum Gasteiger partial charge on any atom is 0.319 e. The Balaban J connectivity index is 2.59. The third-order valence-electron chi connectivity index (χ3n) is 2.98. The molecule has 2 amide bonds. The number of hydrogen-bond donors (Lipinski definition) is 3. The molecule has 0 heterocycles. The fourth-order valence-electron chi connectivity index (χ4n) is 1.84. The summed E-state index contributed by atoms with van der Waals surface area (Å²) in [6.45, 7) is 4.21. The summed E-state index contributed by atoms with van der Waals surface area (Å²) in [6.07, 6.45) is 5.66. The smallest absolute Gasteiger partial charge is 0.319 e. The summed E-state index contributed by atoms with van der Waals surface area (Å²) in [6, 6.07) is 6.62. The third kappa shape index (κ3) is 6.19. The highest BCUT2D eigenvalue weighted by molar-refractivity contribution is 5.89. The first-order valence-electron chi connectivity index (χ1n) is 6.91. The number of urea groups is 1. The second kappa shape index (κ2) is 8.88. The summed E-state index contributed by atoms with van der Waals surface area (Å²) in [7, 11) is 0. The minimum absolute atomic E-state index is 0.0402. The molecule has 0 bridgehead atoms. The molecule has 1 atom stereocenters. The van der Waals surface area contributed by atoms with Gasteiger partial charge >= 0.3 is 6.03 Å². The molecule has 114 valence electrons. The number of amides is 2. The van der Waals surface area contributed by atoms with E-state index in [4.69, 9.17) is 16.3 Å². The average molecular weight is 290 g/mol. The van der Waals surface area contributed by atoms with Gasteiger partial charge in [-0.25, -0.2) is 4.79 Å². The van der Waals surface area contributed by atoms with E-state index >= 15 is 0 Å². The number of carbonyl (C=O) groups is 1. The molecule has 5 nitrogen and oxygen atoms in total. The summed E-state index contributed by atoms with van der Waals surface area (Å²) in [5.41, 5.74) is 0.619. The molecule has 0 saturated heterocycles. The molecule has 21 heavy (non-hydrogen) atoms. The van der Waals surface area contributed by atoms with E-state index in [0.717, 1.165) is 0 Å². The van der Waals surface area contributed by atoms with Crippen molar-refractivity contribution in [3.8, 4) is 18.1 Å². The molecular formula is C16H22N2O3. The molecule has 0 aliphatic carbocycles. The summed E-state index contributed by atoms with van der Waals surface area (Å²) < 4.78 is 5.29. The van der Waals surface area contributed by atoms with E-state index in [9.17, 15) is 4.79 Å². The van der Waals surface area contributed by atoms with Crippen molar-refractivity contribution in [1.29, 1.82) is 0 Å². The predicted octanol–water partition coefficient (Wildman–Crippen LogP) is 2.23. The van der Waals surface area contributed by atoms with E-state index in [2.05, 4.69) is 16.6 Å². The van der Waals surface area contributed by atoms with E-state index < -0.39 is 0 Å². The second-order valence-corrected chi connectivity index (χ2v) is 4.98. The van der Waals surface area contributed by atoms with Gasteiger partial charge in [-0.1, -0.05) is 25.8 Å². The van der Waals surface area contributed by atoms with Crippen molar-refractivity contribution in [2.75, 3.05) is 18.5 Å². The van der Waals surface area contributed by atoms with Crippen LogP contribution in [0.5, 0.6) is 5.75 Å². The Hall–Kier alpha value is -2.19. The molecule has 0 aliphatic rings. The van der Waals surface area contributed by atoms with E-state index in [1.54, 1.807) is 24.3 Å². The lowest BCUT2D eigenvalue weighted by atomic mass is 10.0. The molecule has 0 spiro atoms. The third-order valence-corrected chi connectivity index (χ3v) is 2.98. The summed E-state index contributed by atoms with van der Waals surface area (Å²) in [5.74, 6) is 3.23. The van der Waals surface area contributed by atoms with Crippen molar-refractivity contribution in [3.63, 3.8) is 0 Å². The number of terminal acetylenes is 1. The molecular weight excluding hydrogens is 268 g/mol. The quantitative estimate of drug-likeness (QED) is 0.674. The number of benzene rings is 1. The number of anilines is 1. The van der Waals surface area contributed by atoms with Crippen LogP contribution in [0.3, 0.4) is 0 Å². The Morgan fingerprint density at radius 3 is 2.86 bits per heavy atom. The molecule has 0 fully saturated rings. The van der Waals surface area contributed by atoms with Crippen LogP contribution >= 0.6 is 0 Å². The summed E-state index contributed by atoms with van der Waals surface area (Å²) in [5, 5.41) is 14.6. The number of hydrogen-bond acceptors (Lipinski definition) is 3. The van der Waals surface area contributed by atoms with Crippen LogP contribution in [0.25, 0.3) is 0 Å². The van der Waals surface area contributed by atoms with E-state index in [-0.39, 0.29) is 31.2 Å². The van der Waals surface area contributed by atoms with Crippen molar-refractivity contribution in [1.82, 2.24) is 5.32 Å². The number of ether oxygens (including phenoxy) is 1. The molecule has 1 aromatic rings. The zero-order valence-corrected chi connectivity index (χ0v) is 12.4. The van der Waals surface area contributed by atoms with Gasteiger partial charge in [0.2, 0.25) is 0 Å². The van der Waals surface area contributed by atoms with Crippen molar-refractivity contribution in [3.05, 3.63) is 24.3 Å². The molecule has 0 aromatic heterocycles. The predicted molar refractivity (Wildman–Crippen MR) is 83.3 cm³/mol. The van der Waals surface area contributed by atoms with Crippen LogP contribution in [0.15, 0.2) is 24.3 Å². The Labute approximate surface area is 125 Å². The zero-order chi connectivity index (χ0) is 15.7. The normalized spacial score (nSPS) is 11.6. The van der Waals surface area contributed by atoms with Crippen LogP contribution in [-0.4, -0.2) is 30.4 Å². The summed E-state index contributed by atoms with van der Waals surface area (Å²) in [4.78, 5) is 12.0. The lowest BCUT2D eigenvalue weighted by Crippen LogP contribution is -2.41. The van der Waals surface area contributed by atoms with Gasteiger partial charge in [0.15, 0.2) is 0 Å². The first-order chi connectivity index (χ1) is 10.1. The lowest BCUT2D eigenvalue weighted by molar-refractivity contribution is 0.227. The van der Waals surface area contributed by atoms with E-state index in [1.165, 1.54) is 0 Å². The van der Waals surface area contributed by atoms with Crippen molar-refractivity contribution in [2.45, 2.75) is 26.3 Å². The van der Waals surface area contributed by atoms with Crippen molar-refractivity contribution in [2.24, 2.45) is 5.92 Å². The number of carbonyl (C=O) groups excluding carboxylic acids is 1. The number of aliphatic hydroxyl groups is 1. The van der Waals surface area contributed by atoms with Gasteiger partial charge in [-0.2, -0.15) is 0 Å². The second-order valence-electron chi connectivity index (χ2n) is 4.98. The van der Waals surface area contributed by atoms with E-state index in [0.29, 0.717) is 17.9 Å². The maximum absolute atomic E-state index is 12.0. The minimum Gasteiger partial charge on any atom is -0.481 e. The van der Waals surface area contributed by atoms with Crippen molar-refractivity contribution < 1.29 is 14.6 Å². The van der Waals surface area contributed by atoms with E-state index in [1.807, 2.05) is 13.8 Å². The fraction of sp³-hybridized carbons (Fsp3) is 0.438. The van der Waals surface area contributed by atoms with Crippen LogP contribution in [0.2, 0.25) is 0 Å². The molecule has 1 unspecified atom stereocenters. The highest BCUT2D eigenvalue weighted by Crippen LogP contribution is 2.17. The SMILES string of the molecule is C#CCOc1cccc(NC(=O)NC(CCO)C(C)C)c1.